The molecule has 23 heavy (non-hydrogen) atoms. The highest BCUT2D eigenvalue weighted by atomic mass is 16.3. The van der Waals surface area contributed by atoms with Gasteiger partial charge in [-0.15, -0.1) is 0 Å². The minimum Gasteiger partial charge on any atom is -0.395 e. The van der Waals surface area contributed by atoms with Crippen molar-refractivity contribution in [1.29, 1.82) is 0 Å². The van der Waals surface area contributed by atoms with E-state index in [4.69, 9.17) is 0 Å². The monoisotopic (exact) mass is 315 g/mol. The highest BCUT2D eigenvalue weighted by Crippen LogP contribution is 2.33. The fourth-order valence-electron chi connectivity index (χ4n) is 3.50. The van der Waals surface area contributed by atoms with E-state index in [0.717, 1.165) is 30.7 Å². The molecule has 0 bridgehead atoms. The van der Waals surface area contributed by atoms with E-state index in [9.17, 15) is 5.11 Å². The Kier molecular flexibility index (Phi) is 5.03. The summed E-state index contributed by atoms with van der Waals surface area (Å²) in [4.78, 5) is 15.4. The van der Waals surface area contributed by atoms with Gasteiger partial charge in [0, 0.05) is 31.0 Å². The number of nitrogens with zero attached hydrogens (tertiary/aromatic N) is 4. The standard InChI is InChI=1S/C17H25N5O/c1-22(11-12-23)17(7-3-2-4-8-17)13-20-15-6-5-14-16(21-15)19-10-9-18-14/h5-6,9-10,23H,2-4,7-8,11-13H2,1H3,(H,19,20,21). The van der Waals surface area contributed by atoms with Crippen molar-refractivity contribution in [3.8, 4) is 0 Å². The summed E-state index contributed by atoms with van der Waals surface area (Å²) in [6.07, 6.45) is 9.45. The molecular formula is C17H25N5O. The van der Waals surface area contributed by atoms with Crippen LogP contribution in [0.1, 0.15) is 32.1 Å². The highest BCUT2D eigenvalue weighted by Gasteiger charge is 2.35. The lowest BCUT2D eigenvalue weighted by Gasteiger charge is -2.45. The molecule has 0 unspecified atom stereocenters. The average molecular weight is 315 g/mol. The third-order valence-electron chi connectivity index (χ3n) is 4.96. The van der Waals surface area contributed by atoms with Crippen molar-refractivity contribution in [3.05, 3.63) is 24.5 Å². The Morgan fingerprint density at radius 2 is 1.96 bits per heavy atom. The molecule has 0 radical (unpaired) electrons. The maximum Gasteiger partial charge on any atom is 0.180 e. The van der Waals surface area contributed by atoms with Crippen LogP contribution in [0.15, 0.2) is 24.5 Å². The third kappa shape index (κ3) is 3.59. The number of likely N-dealkylation sites (N-methyl/N-ethyl adjacent to an activating group) is 1. The molecule has 124 valence electrons. The van der Waals surface area contributed by atoms with E-state index >= 15 is 0 Å². The van der Waals surface area contributed by atoms with Crippen LogP contribution < -0.4 is 5.32 Å². The van der Waals surface area contributed by atoms with Gasteiger partial charge in [0.15, 0.2) is 5.65 Å². The van der Waals surface area contributed by atoms with E-state index in [1.807, 2.05) is 12.1 Å². The zero-order valence-electron chi connectivity index (χ0n) is 13.7. The molecule has 0 aromatic carbocycles. The number of aliphatic hydroxyl groups is 1. The van der Waals surface area contributed by atoms with E-state index in [1.54, 1.807) is 12.4 Å². The smallest absolute Gasteiger partial charge is 0.180 e. The summed E-state index contributed by atoms with van der Waals surface area (Å²) in [6, 6.07) is 3.90. The molecule has 1 aliphatic rings. The summed E-state index contributed by atoms with van der Waals surface area (Å²) in [7, 11) is 2.11. The molecule has 2 aromatic heterocycles. The van der Waals surface area contributed by atoms with Gasteiger partial charge >= 0.3 is 0 Å². The van der Waals surface area contributed by atoms with Crippen molar-refractivity contribution in [2.24, 2.45) is 0 Å². The second kappa shape index (κ2) is 7.19. The average Bonchev–Trinajstić information content (AvgIpc) is 2.61. The van der Waals surface area contributed by atoms with Gasteiger partial charge < -0.3 is 10.4 Å². The molecular weight excluding hydrogens is 290 g/mol. The Balaban J connectivity index is 1.74. The maximum absolute atomic E-state index is 9.30. The number of aromatic nitrogens is 3. The van der Waals surface area contributed by atoms with Crippen LogP contribution in [0.2, 0.25) is 0 Å². The first-order chi connectivity index (χ1) is 11.2. The molecule has 0 atom stereocenters. The van der Waals surface area contributed by atoms with Crippen LogP contribution in [0.5, 0.6) is 0 Å². The lowest BCUT2D eigenvalue weighted by atomic mass is 9.80. The maximum atomic E-state index is 9.30. The minimum atomic E-state index is 0.0972. The zero-order chi connectivity index (χ0) is 16.1. The summed E-state index contributed by atoms with van der Waals surface area (Å²) < 4.78 is 0. The van der Waals surface area contributed by atoms with E-state index in [2.05, 4.69) is 32.2 Å². The number of rotatable bonds is 6. The van der Waals surface area contributed by atoms with Crippen LogP contribution in [0.25, 0.3) is 11.2 Å². The highest BCUT2D eigenvalue weighted by molar-refractivity contribution is 5.71. The number of hydrogen-bond acceptors (Lipinski definition) is 6. The fraction of sp³-hybridized carbons (Fsp3) is 0.588. The van der Waals surface area contributed by atoms with Crippen molar-refractivity contribution in [1.82, 2.24) is 19.9 Å². The number of pyridine rings is 1. The molecule has 1 saturated carbocycles. The van der Waals surface area contributed by atoms with Gasteiger partial charge in [0.25, 0.3) is 0 Å². The molecule has 2 N–H and O–H groups in total. The van der Waals surface area contributed by atoms with Crippen molar-refractivity contribution in [3.63, 3.8) is 0 Å². The van der Waals surface area contributed by atoms with Crippen molar-refractivity contribution >= 4 is 17.0 Å². The molecule has 0 amide bonds. The number of aliphatic hydroxyl groups excluding tert-OH is 1. The molecule has 6 nitrogen and oxygen atoms in total. The third-order valence-corrected chi connectivity index (χ3v) is 4.96. The number of anilines is 1. The SMILES string of the molecule is CN(CCO)C1(CNc2ccc3nccnc3n2)CCCCC1. The lowest BCUT2D eigenvalue weighted by molar-refractivity contribution is 0.0690. The fourth-order valence-corrected chi connectivity index (χ4v) is 3.50. The number of β-amino-alcohol motifs (C(OH)–C–C–N with tert-alkyl or cyclic N) is 1. The van der Waals surface area contributed by atoms with Gasteiger partial charge in [-0.05, 0) is 32.0 Å². The second-order valence-electron chi connectivity index (χ2n) is 6.38. The summed E-state index contributed by atoms with van der Waals surface area (Å²) in [5, 5.41) is 12.8. The molecule has 0 aliphatic heterocycles. The Morgan fingerprint density at radius 1 is 1.17 bits per heavy atom. The van der Waals surface area contributed by atoms with Crippen molar-refractivity contribution in [2.45, 2.75) is 37.6 Å². The molecule has 0 saturated heterocycles. The van der Waals surface area contributed by atoms with Crippen LogP contribution in [-0.4, -0.2) is 57.2 Å². The van der Waals surface area contributed by atoms with E-state index < -0.39 is 0 Å². The number of nitrogens with one attached hydrogen (secondary N) is 1. The first-order valence-corrected chi connectivity index (χ1v) is 8.37. The number of hydrogen-bond donors (Lipinski definition) is 2. The predicted octanol–water partition coefficient (Wildman–Crippen LogP) is 2.06. The van der Waals surface area contributed by atoms with Gasteiger partial charge in [-0.25, -0.2) is 9.97 Å². The molecule has 3 rings (SSSR count). The minimum absolute atomic E-state index is 0.0972. The zero-order valence-corrected chi connectivity index (χ0v) is 13.7. The van der Waals surface area contributed by atoms with Gasteiger partial charge in [0.1, 0.15) is 11.3 Å². The van der Waals surface area contributed by atoms with Crippen molar-refractivity contribution < 1.29 is 5.11 Å². The van der Waals surface area contributed by atoms with Crippen LogP contribution in [0.4, 0.5) is 5.82 Å². The van der Waals surface area contributed by atoms with Crippen LogP contribution >= 0.6 is 0 Å². The Bertz CT molecular complexity index is 642. The Hall–Kier alpha value is -1.79. The largest absolute Gasteiger partial charge is 0.395 e. The van der Waals surface area contributed by atoms with Gasteiger partial charge in [-0.3, -0.25) is 9.88 Å². The van der Waals surface area contributed by atoms with E-state index in [0.29, 0.717) is 12.2 Å². The summed E-state index contributed by atoms with van der Waals surface area (Å²) >= 11 is 0. The molecule has 2 aromatic rings. The van der Waals surface area contributed by atoms with Crippen LogP contribution in [0.3, 0.4) is 0 Å². The summed E-state index contributed by atoms with van der Waals surface area (Å²) in [5.74, 6) is 0.834. The summed E-state index contributed by atoms with van der Waals surface area (Å²) in [6.45, 7) is 1.74. The van der Waals surface area contributed by atoms with Gasteiger partial charge in [-0.2, -0.15) is 0 Å². The van der Waals surface area contributed by atoms with Crippen LogP contribution in [0, 0.1) is 0 Å². The first-order valence-electron chi connectivity index (χ1n) is 8.37. The predicted molar refractivity (Wildman–Crippen MR) is 91.4 cm³/mol. The molecule has 1 fully saturated rings. The lowest BCUT2D eigenvalue weighted by Crippen LogP contribution is -2.53. The molecule has 6 heteroatoms. The van der Waals surface area contributed by atoms with E-state index in [1.165, 1.54) is 19.3 Å². The van der Waals surface area contributed by atoms with E-state index in [-0.39, 0.29) is 12.1 Å². The molecule has 0 spiro atoms. The Labute approximate surface area is 137 Å². The topological polar surface area (TPSA) is 74.2 Å². The summed E-state index contributed by atoms with van der Waals surface area (Å²) in [5.41, 5.74) is 1.57. The molecule has 2 heterocycles. The molecule has 1 aliphatic carbocycles. The Morgan fingerprint density at radius 3 is 2.74 bits per heavy atom. The van der Waals surface area contributed by atoms with Gasteiger partial charge in [0.05, 0.1) is 6.61 Å². The van der Waals surface area contributed by atoms with Gasteiger partial charge in [0.2, 0.25) is 0 Å². The normalized spacial score (nSPS) is 17.5. The number of fused-ring (bicyclic) bond motifs is 1. The van der Waals surface area contributed by atoms with Crippen LogP contribution in [-0.2, 0) is 0 Å². The first kappa shape index (κ1) is 16.1. The second-order valence-corrected chi connectivity index (χ2v) is 6.38. The van der Waals surface area contributed by atoms with Gasteiger partial charge in [-0.1, -0.05) is 19.3 Å². The quantitative estimate of drug-likeness (QED) is 0.850. The van der Waals surface area contributed by atoms with Crippen molar-refractivity contribution in [2.75, 3.05) is 32.1 Å².